The summed E-state index contributed by atoms with van der Waals surface area (Å²) in [6, 6.07) is 11.2. The summed E-state index contributed by atoms with van der Waals surface area (Å²) in [7, 11) is 3.19. The van der Waals surface area contributed by atoms with E-state index < -0.39 is 12.2 Å². The summed E-state index contributed by atoms with van der Waals surface area (Å²) in [4.78, 5) is 0. The van der Waals surface area contributed by atoms with Gasteiger partial charge in [0.15, 0.2) is 17.3 Å². The molecular weight excluding hydrogens is 382 g/mol. The van der Waals surface area contributed by atoms with Crippen LogP contribution in [0, 0.1) is 0 Å². The number of benzene rings is 2. The third-order valence-electron chi connectivity index (χ3n) is 4.80. The van der Waals surface area contributed by atoms with Gasteiger partial charge in [-0.2, -0.15) is 0 Å². The third kappa shape index (κ3) is 3.11. The van der Waals surface area contributed by atoms with Crippen molar-refractivity contribution in [3.63, 3.8) is 0 Å². The van der Waals surface area contributed by atoms with Crippen LogP contribution in [0.2, 0.25) is 5.02 Å². The van der Waals surface area contributed by atoms with E-state index in [4.69, 9.17) is 25.8 Å². The van der Waals surface area contributed by atoms with Crippen molar-refractivity contribution in [1.82, 2.24) is 14.8 Å². The van der Waals surface area contributed by atoms with E-state index in [1.54, 1.807) is 20.5 Å². The number of aliphatic hydroxyl groups excluding tert-OH is 1. The van der Waals surface area contributed by atoms with Crippen LogP contribution in [0.3, 0.4) is 0 Å². The molecule has 1 N–H and O–H groups in total. The highest BCUT2D eigenvalue weighted by Crippen LogP contribution is 2.45. The van der Waals surface area contributed by atoms with Crippen molar-refractivity contribution in [2.75, 3.05) is 20.8 Å². The maximum absolute atomic E-state index is 9.57. The lowest BCUT2D eigenvalue weighted by atomic mass is 9.98. The molecule has 0 amide bonds. The molecule has 0 fully saturated rings. The molecule has 0 saturated carbocycles. The van der Waals surface area contributed by atoms with E-state index in [0.29, 0.717) is 28.8 Å². The number of para-hydroxylation sites is 1. The van der Waals surface area contributed by atoms with Crippen LogP contribution in [0.1, 0.15) is 35.6 Å². The Morgan fingerprint density at radius 2 is 2.04 bits per heavy atom. The molecule has 4 rings (SSSR count). The molecule has 0 saturated heterocycles. The fourth-order valence-corrected chi connectivity index (χ4v) is 3.76. The maximum atomic E-state index is 9.57. The monoisotopic (exact) mass is 401 g/mol. The lowest BCUT2D eigenvalue weighted by Gasteiger charge is -2.24. The van der Waals surface area contributed by atoms with Crippen molar-refractivity contribution >= 4 is 11.6 Å². The average Bonchev–Trinajstić information content (AvgIpc) is 3.15. The first-order chi connectivity index (χ1) is 13.7. The van der Waals surface area contributed by atoms with Gasteiger partial charge in [0.2, 0.25) is 0 Å². The van der Waals surface area contributed by atoms with Gasteiger partial charge in [-0.15, -0.1) is 10.2 Å². The highest BCUT2D eigenvalue weighted by molar-refractivity contribution is 6.30. The van der Waals surface area contributed by atoms with Gasteiger partial charge in [0.1, 0.15) is 18.5 Å². The molecule has 2 atom stereocenters. The second-order valence-corrected chi connectivity index (χ2v) is 6.80. The molecule has 7 nitrogen and oxygen atoms in total. The Balaban J connectivity index is 1.95. The largest absolute Gasteiger partial charge is 0.493 e. The minimum atomic E-state index is -0.503. The van der Waals surface area contributed by atoms with Crippen LogP contribution in [0.25, 0.3) is 5.69 Å². The highest BCUT2D eigenvalue weighted by atomic mass is 35.5. The summed E-state index contributed by atoms with van der Waals surface area (Å²) < 4.78 is 19.4. The minimum absolute atomic E-state index is 0.0450. The number of hydrogen-bond acceptors (Lipinski definition) is 6. The van der Waals surface area contributed by atoms with Crippen LogP contribution >= 0.6 is 11.6 Å². The number of hydrogen-bond donors (Lipinski definition) is 1. The van der Waals surface area contributed by atoms with Crippen LogP contribution in [-0.4, -0.2) is 40.7 Å². The zero-order valence-corrected chi connectivity index (χ0v) is 16.3. The number of methoxy groups -OCH3 is 2. The molecule has 0 spiro atoms. The highest BCUT2D eigenvalue weighted by Gasteiger charge is 2.33. The van der Waals surface area contributed by atoms with Gasteiger partial charge in [0.05, 0.1) is 19.9 Å². The fraction of sp³-hybridized carbons (Fsp3) is 0.300. The maximum Gasteiger partial charge on any atom is 0.166 e. The van der Waals surface area contributed by atoms with Crippen LogP contribution in [-0.2, 0) is 4.74 Å². The zero-order chi connectivity index (χ0) is 19.7. The molecule has 2 heterocycles. The number of ether oxygens (including phenoxy) is 3. The second kappa shape index (κ2) is 7.79. The molecule has 8 heteroatoms. The second-order valence-electron chi connectivity index (χ2n) is 6.36. The van der Waals surface area contributed by atoms with Gasteiger partial charge in [-0.1, -0.05) is 23.7 Å². The van der Waals surface area contributed by atoms with E-state index >= 15 is 0 Å². The molecular formula is C20H20ClN3O4. The van der Waals surface area contributed by atoms with Crippen LogP contribution in [0.15, 0.2) is 42.7 Å². The molecule has 146 valence electrons. The summed E-state index contributed by atoms with van der Waals surface area (Å²) in [5.41, 5.74) is 2.51. The molecule has 1 aliphatic heterocycles. The molecule has 0 aliphatic carbocycles. The topological polar surface area (TPSA) is 78.6 Å². The van der Waals surface area contributed by atoms with Gasteiger partial charge in [0.25, 0.3) is 0 Å². The predicted octanol–water partition coefficient (Wildman–Crippen LogP) is 3.48. The first-order valence-electron chi connectivity index (χ1n) is 8.84. The minimum Gasteiger partial charge on any atom is -0.493 e. The standard InChI is InChI=1S/C20H20ClN3O4/c1-26-16-5-3-4-13(19(16)27-2)18-14-10-12(21)6-7-15(14)24-11-22-23-20(24)17(28-18)8-9-25/h3-7,10-11,17-18,25H,8-9H2,1-2H3/t17-,18-/m0/s1. The van der Waals surface area contributed by atoms with E-state index in [0.717, 1.165) is 16.8 Å². The SMILES string of the molecule is COc1cccc([C@@H]2O[C@@H](CCO)c3nncn3-c3ccc(Cl)cc32)c1OC. The Morgan fingerprint density at radius 1 is 1.18 bits per heavy atom. The van der Waals surface area contributed by atoms with Crippen molar-refractivity contribution in [3.05, 3.63) is 64.7 Å². The molecule has 1 aromatic heterocycles. The van der Waals surface area contributed by atoms with Crippen LogP contribution < -0.4 is 9.47 Å². The number of aromatic nitrogens is 3. The number of halogens is 1. The third-order valence-corrected chi connectivity index (χ3v) is 5.04. The normalized spacial score (nSPS) is 18.1. The van der Waals surface area contributed by atoms with Gasteiger partial charge < -0.3 is 19.3 Å². The molecule has 1 aliphatic rings. The fourth-order valence-electron chi connectivity index (χ4n) is 3.58. The van der Waals surface area contributed by atoms with Gasteiger partial charge in [-0.3, -0.25) is 4.57 Å². The van der Waals surface area contributed by atoms with Gasteiger partial charge >= 0.3 is 0 Å². The van der Waals surface area contributed by atoms with Gasteiger partial charge in [-0.25, -0.2) is 0 Å². The molecule has 0 bridgehead atoms. The van der Waals surface area contributed by atoms with E-state index in [2.05, 4.69) is 10.2 Å². The van der Waals surface area contributed by atoms with E-state index in [1.807, 2.05) is 41.0 Å². The molecule has 0 radical (unpaired) electrons. The Kier molecular flexibility index (Phi) is 5.21. The average molecular weight is 402 g/mol. The smallest absolute Gasteiger partial charge is 0.166 e. The van der Waals surface area contributed by atoms with Crippen molar-refractivity contribution in [3.8, 4) is 17.2 Å². The number of rotatable bonds is 5. The van der Waals surface area contributed by atoms with E-state index in [9.17, 15) is 5.11 Å². The van der Waals surface area contributed by atoms with E-state index in [-0.39, 0.29) is 6.61 Å². The van der Waals surface area contributed by atoms with Crippen molar-refractivity contribution < 1.29 is 19.3 Å². The van der Waals surface area contributed by atoms with Gasteiger partial charge in [-0.05, 0) is 24.3 Å². The Morgan fingerprint density at radius 3 is 2.79 bits per heavy atom. The predicted molar refractivity (Wildman–Crippen MR) is 103 cm³/mol. The zero-order valence-electron chi connectivity index (χ0n) is 15.5. The van der Waals surface area contributed by atoms with Crippen LogP contribution in [0.4, 0.5) is 0 Å². The van der Waals surface area contributed by atoms with Crippen molar-refractivity contribution in [1.29, 1.82) is 0 Å². The summed E-state index contributed by atoms with van der Waals surface area (Å²) in [5.74, 6) is 1.82. The number of aliphatic hydroxyl groups is 1. The quantitative estimate of drug-likeness (QED) is 0.705. The first kappa shape index (κ1) is 18.7. The Labute approximate surface area is 167 Å². The summed E-state index contributed by atoms with van der Waals surface area (Å²) in [5, 5.41) is 18.4. The van der Waals surface area contributed by atoms with Crippen LogP contribution in [0.5, 0.6) is 11.5 Å². The Hall–Kier alpha value is -2.61. The van der Waals surface area contributed by atoms with Gasteiger partial charge in [0, 0.05) is 29.2 Å². The number of fused-ring (bicyclic) bond motifs is 3. The molecule has 28 heavy (non-hydrogen) atoms. The molecule has 2 aromatic carbocycles. The first-order valence-corrected chi connectivity index (χ1v) is 9.22. The van der Waals surface area contributed by atoms with E-state index in [1.165, 1.54) is 0 Å². The summed E-state index contributed by atoms with van der Waals surface area (Å²) >= 11 is 6.32. The summed E-state index contributed by atoms with van der Waals surface area (Å²) in [6.07, 6.45) is 1.06. The van der Waals surface area contributed by atoms with Crippen molar-refractivity contribution in [2.24, 2.45) is 0 Å². The lowest BCUT2D eigenvalue weighted by Crippen LogP contribution is -2.13. The number of nitrogens with zero attached hydrogens (tertiary/aromatic N) is 3. The molecule has 0 unspecified atom stereocenters. The lowest BCUT2D eigenvalue weighted by molar-refractivity contribution is -0.00983. The summed E-state index contributed by atoms with van der Waals surface area (Å²) in [6.45, 7) is -0.0450. The molecule has 3 aromatic rings. The van der Waals surface area contributed by atoms with Crippen molar-refractivity contribution in [2.45, 2.75) is 18.6 Å². The Bertz CT molecular complexity index is 991.